The molecule has 1 aliphatic rings. The van der Waals surface area contributed by atoms with Crippen molar-refractivity contribution in [2.45, 2.75) is 51.1 Å². The smallest absolute Gasteiger partial charge is 0.223 e. The Bertz CT molecular complexity index is 464. The fourth-order valence-corrected chi connectivity index (χ4v) is 3.01. The zero-order valence-corrected chi connectivity index (χ0v) is 14.2. The third kappa shape index (κ3) is 4.89. The van der Waals surface area contributed by atoms with Crippen molar-refractivity contribution in [2.75, 3.05) is 7.11 Å². The number of amides is 1. The first kappa shape index (κ1) is 18.8. The van der Waals surface area contributed by atoms with Gasteiger partial charge in [-0.3, -0.25) is 4.79 Å². The number of carbonyl (C=O) groups excluding carboxylic acids is 1. The van der Waals surface area contributed by atoms with Gasteiger partial charge in [0.25, 0.3) is 0 Å². The highest BCUT2D eigenvalue weighted by atomic mass is 35.5. The maximum atomic E-state index is 12.4. The molecule has 1 aliphatic carbocycles. The molecule has 1 aromatic carbocycles. The predicted octanol–water partition coefficient (Wildman–Crippen LogP) is 3.20. The number of carbonyl (C=O) groups is 1. The van der Waals surface area contributed by atoms with E-state index in [1.54, 1.807) is 7.11 Å². The van der Waals surface area contributed by atoms with Crippen LogP contribution in [0.15, 0.2) is 24.3 Å². The second-order valence-electron chi connectivity index (χ2n) is 5.87. The van der Waals surface area contributed by atoms with Gasteiger partial charge in [0.15, 0.2) is 0 Å². The molecule has 0 heterocycles. The molecule has 0 saturated heterocycles. The number of hydrogen-bond donors (Lipinski definition) is 2. The summed E-state index contributed by atoms with van der Waals surface area (Å²) in [6, 6.07) is 8.12. The molecule has 0 spiro atoms. The Morgan fingerprint density at radius 2 is 2.05 bits per heavy atom. The van der Waals surface area contributed by atoms with E-state index in [-0.39, 0.29) is 36.3 Å². The highest BCUT2D eigenvalue weighted by molar-refractivity contribution is 5.85. The number of nitrogens with two attached hydrogens (primary N) is 1. The first-order chi connectivity index (χ1) is 10.1. The molecule has 4 nitrogen and oxygen atoms in total. The molecule has 0 radical (unpaired) electrons. The lowest BCUT2D eigenvalue weighted by Gasteiger charge is -2.28. The van der Waals surface area contributed by atoms with Crippen LogP contribution in [0.5, 0.6) is 5.75 Å². The standard InChI is InChI=1S/C17H26N2O2.ClH/c1-3-16(12-7-9-15(21-2)10-8-12)19-17(20)13-5-4-6-14(18)11-13;/h7-10,13-14,16H,3-6,11,18H2,1-2H3,(H,19,20);1H. The summed E-state index contributed by atoms with van der Waals surface area (Å²) in [5.74, 6) is 1.05. The Labute approximate surface area is 139 Å². The molecule has 1 aromatic rings. The van der Waals surface area contributed by atoms with E-state index in [9.17, 15) is 4.79 Å². The van der Waals surface area contributed by atoms with Crippen LogP contribution in [0.2, 0.25) is 0 Å². The first-order valence-electron chi connectivity index (χ1n) is 7.84. The molecular formula is C17H27ClN2O2. The summed E-state index contributed by atoms with van der Waals surface area (Å²) in [7, 11) is 1.65. The van der Waals surface area contributed by atoms with Crippen LogP contribution >= 0.6 is 12.4 Å². The SMILES string of the molecule is CCC(NC(=O)C1CCCC(N)C1)c1ccc(OC)cc1.Cl. The monoisotopic (exact) mass is 326 g/mol. The van der Waals surface area contributed by atoms with Gasteiger partial charge in [-0.2, -0.15) is 0 Å². The van der Waals surface area contributed by atoms with Gasteiger partial charge in [0.1, 0.15) is 5.75 Å². The molecule has 1 amide bonds. The van der Waals surface area contributed by atoms with E-state index in [0.29, 0.717) is 0 Å². The Hall–Kier alpha value is -1.26. The van der Waals surface area contributed by atoms with E-state index in [4.69, 9.17) is 10.5 Å². The van der Waals surface area contributed by atoms with Crippen LogP contribution in [-0.4, -0.2) is 19.1 Å². The quantitative estimate of drug-likeness (QED) is 0.873. The molecule has 124 valence electrons. The van der Waals surface area contributed by atoms with E-state index in [1.165, 1.54) is 0 Å². The van der Waals surface area contributed by atoms with E-state index < -0.39 is 0 Å². The van der Waals surface area contributed by atoms with Crippen LogP contribution in [0.25, 0.3) is 0 Å². The first-order valence-corrected chi connectivity index (χ1v) is 7.84. The van der Waals surface area contributed by atoms with Crippen molar-refractivity contribution in [3.63, 3.8) is 0 Å². The molecule has 3 atom stereocenters. The van der Waals surface area contributed by atoms with Crippen molar-refractivity contribution < 1.29 is 9.53 Å². The number of halogens is 1. The summed E-state index contributed by atoms with van der Waals surface area (Å²) in [5, 5.41) is 3.18. The summed E-state index contributed by atoms with van der Waals surface area (Å²) in [4.78, 5) is 12.4. The van der Waals surface area contributed by atoms with Crippen molar-refractivity contribution >= 4 is 18.3 Å². The molecule has 2 rings (SSSR count). The molecule has 1 saturated carbocycles. The number of nitrogens with one attached hydrogen (secondary N) is 1. The summed E-state index contributed by atoms with van der Waals surface area (Å²) >= 11 is 0. The number of rotatable bonds is 5. The average Bonchev–Trinajstić information content (AvgIpc) is 2.52. The molecular weight excluding hydrogens is 300 g/mol. The van der Waals surface area contributed by atoms with Gasteiger partial charge < -0.3 is 15.8 Å². The van der Waals surface area contributed by atoms with Crippen molar-refractivity contribution in [1.82, 2.24) is 5.32 Å². The van der Waals surface area contributed by atoms with Gasteiger partial charge in [0, 0.05) is 12.0 Å². The lowest BCUT2D eigenvalue weighted by Crippen LogP contribution is -2.39. The summed E-state index contributed by atoms with van der Waals surface area (Å²) in [6.45, 7) is 2.09. The zero-order chi connectivity index (χ0) is 15.2. The molecule has 3 N–H and O–H groups in total. The van der Waals surface area contributed by atoms with Crippen LogP contribution in [0.1, 0.15) is 50.6 Å². The minimum Gasteiger partial charge on any atom is -0.497 e. The van der Waals surface area contributed by atoms with Gasteiger partial charge in [-0.1, -0.05) is 25.5 Å². The Morgan fingerprint density at radius 3 is 2.59 bits per heavy atom. The maximum Gasteiger partial charge on any atom is 0.223 e. The molecule has 0 bridgehead atoms. The minimum absolute atomic E-state index is 0. The molecule has 5 heteroatoms. The van der Waals surface area contributed by atoms with Gasteiger partial charge in [0.2, 0.25) is 5.91 Å². The average molecular weight is 327 g/mol. The van der Waals surface area contributed by atoms with Crippen molar-refractivity contribution in [1.29, 1.82) is 0 Å². The predicted molar refractivity (Wildman–Crippen MR) is 91.4 cm³/mol. The fourth-order valence-electron chi connectivity index (χ4n) is 3.01. The van der Waals surface area contributed by atoms with Crippen molar-refractivity contribution in [2.24, 2.45) is 11.7 Å². The van der Waals surface area contributed by atoms with E-state index in [2.05, 4.69) is 12.2 Å². The second kappa shape index (κ2) is 9.01. The lowest BCUT2D eigenvalue weighted by molar-refractivity contribution is -0.126. The highest BCUT2D eigenvalue weighted by Crippen LogP contribution is 2.25. The van der Waals surface area contributed by atoms with Gasteiger partial charge in [-0.15, -0.1) is 12.4 Å². The maximum absolute atomic E-state index is 12.4. The van der Waals surface area contributed by atoms with E-state index in [1.807, 2.05) is 24.3 Å². The second-order valence-corrected chi connectivity index (χ2v) is 5.87. The van der Waals surface area contributed by atoms with Crippen LogP contribution < -0.4 is 15.8 Å². The normalized spacial score (nSPS) is 22.3. The van der Waals surface area contributed by atoms with Crippen LogP contribution in [0, 0.1) is 5.92 Å². The van der Waals surface area contributed by atoms with Gasteiger partial charge >= 0.3 is 0 Å². The topological polar surface area (TPSA) is 64.4 Å². The van der Waals surface area contributed by atoms with E-state index in [0.717, 1.165) is 43.4 Å². The molecule has 1 fully saturated rings. The number of ether oxygens (including phenoxy) is 1. The number of hydrogen-bond acceptors (Lipinski definition) is 3. The molecule has 3 unspecified atom stereocenters. The number of methoxy groups -OCH3 is 1. The third-order valence-electron chi connectivity index (χ3n) is 4.33. The van der Waals surface area contributed by atoms with E-state index >= 15 is 0 Å². The van der Waals surface area contributed by atoms with Gasteiger partial charge in [-0.25, -0.2) is 0 Å². The highest BCUT2D eigenvalue weighted by Gasteiger charge is 2.26. The molecule has 0 aliphatic heterocycles. The lowest BCUT2D eigenvalue weighted by atomic mass is 9.85. The van der Waals surface area contributed by atoms with Crippen LogP contribution in [0.3, 0.4) is 0 Å². The summed E-state index contributed by atoms with van der Waals surface area (Å²) in [6.07, 6.45) is 4.73. The van der Waals surface area contributed by atoms with Crippen molar-refractivity contribution in [3.05, 3.63) is 29.8 Å². The minimum atomic E-state index is 0. The Morgan fingerprint density at radius 1 is 1.36 bits per heavy atom. The Kier molecular flexibility index (Phi) is 7.69. The number of benzene rings is 1. The van der Waals surface area contributed by atoms with Gasteiger partial charge in [0.05, 0.1) is 13.2 Å². The van der Waals surface area contributed by atoms with Crippen LogP contribution in [-0.2, 0) is 4.79 Å². The zero-order valence-electron chi connectivity index (χ0n) is 13.4. The molecule has 22 heavy (non-hydrogen) atoms. The van der Waals surface area contributed by atoms with Gasteiger partial charge in [-0.05, 0) is 43.4 Å². The van der Waals surface area contributed by atoms with Crippen molar-refractivity contribution in [3.8, 4) is 5.75 Å². The van der Waals surface area contributed by atoms with Crippen LogP contribution in [0.4, 0.5) is 0 Å². The Balaban J connectivity index is 0.00000242. The molecule has 0 aromatic heterocycles. The largest absolute Gasteiger partial charge is 0.497 e. The third-order valence-corrected chi connectivity index (χ3v) is 4.33. The fraction of sp³-hybridized carbons (Fsp3) is 0.588. The summed E-state index contributed by atoms with van der Waals surface area (Å²) in [5.41, 5.74) is 7.09. The summed E-state index contributed by atoms with van der Waals surface area (Å²) < 4.78 is 5.17.